The van der Waals surface area contributed by atoms with Gasteiger partial charge in [0, 0.05) is 121 Å². The number of rotatable bonds is 11. The molecule has 0 saturated heterocycles. The van der Waals surface area contributed by atoms with Crippen molar-refractivity contribution in [1.82, 2.24) is 32.8 Å². The Hall–Kier alpha value is -18.0. The smallest absolute Gasteiger partial charge is 0.160 e. The molecule has 0 radical (unpaired) electrons. The van der Waals surface area contributed by atoms with Crippen molar-refractivity contribution in [2.75, 3.05) is 0 Å². The predicted molar refractivity (Wildman–Crippen MR) is 601 cm³/mol. The molecular formula is C137H91N7. The zero-order valence-corrected chi connectivity index (χ0v) is 80.3. The largest absolute Gasteiger partial charge is 0.309 e. The third-order valence-corrected chi connectivity index (χ3v) is 33.3. The van der Waals surface area contributed by atoms with Gasteiger partial charge in [-0.1, -0.05) is 327 Å². The van der Waals surface area contributed by atoms with E-state index in [4.69, 9.17) is 9.97 Å². The zero-order chi connectivity index (χ0) is 95.2. The first-order chi connectivity index (χ1) is 70.7. The maximum atomic E-state index is 5.76. The molecule has 0 N–H and O–H groups in total. The van der Waals surface area contributed by atoms with Gasteiger partial charge in [-0.3, -0.25) is 0 Å². The molecule has 27 aromatic rings. The van der Waals surface area contributed by atoms with E-state index in [0.29, 0.717) is 5.82 Å². The van der Waals surface area contributed by atoms with Crippen LogP contribution in [0.5, 0.6) is 0 Å². The zero-order valence-electron chi connectivity index (χ0n) is 80.3. The highest BCUT2D eigenvalue weighted by Crippen LogP contribution is 2.57. The first-order valence-electron chi connectivity index (χ1n) is 50.4. The second kappa shape index (κ2) is 29.5. The van der Waals surface area contributed by atoms with Crippen LogP contribution in [0.1, 0.15) is 74.9 Å². The number of para-hydroxylation sites is 4. The second-order valence-electron chi connectivity index (χ2n) is 41.8. The normalized spacial score (nSPS) is 13.8. The highest BCUT2D eigenvalue weighted by molar-refractivity contribution is 6.22. The lowest BCUT2D eigenvalue weighted by Crippen LogP contribution is -2.15. The number of hydrogen-bond acceptors (Lipinski definition) is 2. The van der Waals surface area contributed by atoms with E-state index in [9.17, 15) is 0 Å². The van der Waals surface area contributed by atoms with E-state index in [0.717, 1.165) is 117 Å². The highest BCUT2D eigenvalue weighted by atomic mass is 15.0. The number of fused-ring (bicyclic) bond motifs is 27. The Labute approximate surface area is 832 Å². The summed E-state index contributed by atoms with van der Waals surface area (Å²) in [6.45, 7) is 14.2. The van der Waals surface area contributed by atoms with Crippen LogP contribution < -0.4 is 0 Å². The van der Waals surface area contributed by atoms with Crippen molar-refractivity contribution in [2.45, 2.75) is 57.8 Å². The molecule has 0 atom stereocenters. The molecular weight excluding hydrogens is 1740 g/mol. The van der Waals surface area contributed by atoms with E-state index < -0.39 is 0 Å². The Bertz CT molecular complexity index is 10100. The third-order valence-electron chi connectivity index (χ3n) is 33.3. The van der Waals surface area contributed by atoms with Crippen molar-refractivity contribution >= 4 is 120 Å². The van der Waals surface area contributed by atoms with Crippen LogP contribution in [0.4, 0.5) is 0 Å². The van der Waals surface area contributed by atoms with E-state index in [1.165, 1.54) is 182 Å². The number of aromatic nitrogens is 7. The lowest BCUT2D eigenvalue weighted by Gasteiger charge is -2.22. The van der Waals surface area contributed by atoms with Crippen molar-refractivity contribution in [3.63, 3.8) is 0 Å². The van der Waals surface area contributed by atoms with Gasteiger partial charge in [-0.2, -0.15) is 0 Å². The Kier molecular flexibility index (Phi) is 16.6. The molecule has 674 valence electrons. The summed E-state index contributed by atoms with van der Waals surface area (Å²) in [5, 5.41) is 14.5. The summed E-state index contributed by atoms with van der Waals surface area (Å²) in [6, 6.07) is 167. The number of hydrogen-bond donors (Lipinski definition) is 0. The van der Waals surface area contributed by atoms with Crippen molar-refractivity contribution < 1.29 is 0 Å². The second-order valence-corrected chi connectivity index (χ2v) is 41.8. The molecule has 21 aromatic carbocycles. The molecule has 4 aliphatic carbocycles. The number of nitrogens with zero attached hydrogens (tertiary/aromatic N) is 7. The molecule has 0 saturated carbocycles. The summed E-state index contributed by atoms with van der Waals surface area (Å²) in [5.41, 5.74) is 49.4. The van der Waals surface area contributed by atoms with Gasteiger partial charge in [0.2, 0.25) is 0 Å². The molecule has 7 heteroatoms. The van der Waals surface area contributed by atoms with Gasteiger partial charge < -0.3 is 22.8 Å². The molecule has 6 heterocycles. The predicted octanol–water partition coefficient (Wildman–Crippen LogP) is 35.7. The van der Waals surface area contributed by atoms with E-state index in [1.807, 2.05) is 0 Å². The first-order valence-corrected chi connectivity index (χ1v) is 50.4. The molecule has 6 aromatic heterocycles. The molecule has 144 heavy (non-hydrogen) atoms. The SMILES string of the molecule is CC1(C)c2ccccc2-c2ccc(-n3c4ccccc4c4cc(-c5ccc6c(c5)c5ccccc5n6-c5ccc(-c6ccc7c8c(cccc68)-c6nc(-c8ccccc8)nc(-c8cccc(-n9c%10ccc(-c%11ccc%12c(c%11)c%11ccccc%11n%12-c%11ccc%12c(c%11)C(C)(C)c%11ccccc%11-%12)cc%10c%10cc(-c%11ccc%12c(c%11)c%11ccccc%11n%12-c%11ccc%12c(c%11)C(C)(C)c%11ccccc%11-%12)ccc%109)c8)c6-7)cc5)ccc43)cc21. The monoisotopic (exact) mass is 1830 g/mol. The van der Waals surface area contributed by atoms with Gasteiger partial charge in [-0.05, 0) is 285 Å². The first kappa shape index (κ1) is 80.9. The summed E-state index contributed by atoms with van der Waals surface area (Å²) >= 11 is 0. The van der Waals surface area contributed by atoms with Crippen molar-refractivity contribution in [3.05, 3.63) is 476 Å². The van der Waals surface area contributed by atoms with Crippen molar-refractivity contribution in [2.24, 2.45) is 0 Å². The van der Waals surface area contributed by atoms with Gasteiger partial charge in [0.15, 0.2) is 5.82 Å². The van der Waals surface area contributed by atoms with Crippen molar-refractivity contribution in [1.29, 1.82) is 0 Å². The van der Waals surface area contributed by atoms with Gasteiger partial charge in [-0.15, -0.1) is 0 Å². The lowest BCUT2D eigenvalue weighted by molar-refractivity contribution is 0.660. The maximum absolute atomic E-state index is 5.76. The topological polar surface area (TPSA) is 50.4 Å². The molecule has 0 bridgehead atoms. The van der Waals surface area contributed by atoms with Crippen molar-refractivity contribution in [3.8, 4) is 151 Å². The van der Waals surface area contributed by atoms with Crippen LogP contribution in [0, 0.1) is 0 Å². The summed E-state index contributed by atoms with van der Waals surface area (Å²) in [4.78, 5) is 11.4. The Morgan fingerprint density at radius 2 is 0.438 bits per heavy atom. The Morgan fingerprint density at radius 1 is 0.160 bits per heavy atom. The summed E-state index contributed by atoms with van der Waals surface area (Å²) in [5.74, 6) is 0.681. The van der Waals surface area contributed by atoms with Gasteiger partial charge >= 0.3 is 0 Å². The molecule has 0 unspecified atom stereocenters. The van der Waals surface area contributed by atoms with E-state index in [1.54, 1.807) is 0 Å². The minimum atomic E-state index is -0.140. The van der Waals surface area contributed by atoms with Crippen LogP contribution in [-0.4, -0.2) is 32.8 Å². The quantitative estimate of drug-likeness (QED) is 0.130. The molecule has 0 spiro atoms. The standard InChI is InChI=1S/C137H91N7/c1-135(2)114-39-17-10-30-95(114)98-59-56-91(77-117(98)135)142-121-43-21-14-34-102(121)109-72-83(49-65-125(109)142)82-48-64-124-108(71-82)101-33-13-20-42-120(101)140(124)89-54-46-80(47-55-89)94-62-63-106-130-105(94)37-25-38-107(130)133-131(106)132(138-134(139-133)81-26-8-7-9-27-81)88-28-24-29-90(70-88)141-128-68-52-86(84-50-66-126-110(73-84)103-35-15-22-44-122(103)143(126)92-57-60-99-96-31-11-18-40-115(96)136(3,4)118(99)78-92)75-112(128)113-76-87(53-69-129(113)141)85-51-67-127-111(74-85)104-36-16-23-45-123(104)144(127)93-58-61-100-97-32-12-19-41-116(97)137(5,6)119(100)79-93/h7-79H,1-6H3. The minimum Gasteiger partial charge on any atom is -0.309 e. The highest BCUT2D eigenvalue weighted by Gasteiger charge is 2.40. The molecule has 7 nitrogen and oxygen atoms in total. The van der Waals surface area contributed by atoms with Gasteiger partial charge in [0.25, 0.3) is 0 Å². The van der Waals surface area contributed by atoms with E-state index >= 15 is 0 Å². The van der Waals surface area contributed by atoms with Crippen LogP contribution in [0.2, 0.25) is 0 Å². The fourth-order valence-electron chi connectivity index (χ4n) is 26.4. The Morgan fingerprint density at radius 3 is 0.840 bits per heavy atom. The summed E-state index contributed by atoms with van der Waals surface area (Å²) < 4.78 is 12.4. The van der Waals surface area contributed by atoms with E-state index in [-0.39, 0.29) is 16.2 Å². The van der Waals surface area contributed by atoms with Gasteiger partial charge in [-0.25, -0.2) is 9.97 Å². The fourth-order valence-corrected chi connectivity index (χ4v) is 26.4. The van der Waals surface area contributed by atoms with Crippen LogP contribution in [0.25, 0.3) is 271 Å². The molecule has 0 fully saturated rings. The maximum Gasteiger partial charge on any atom is 0.160 e. The van der Waals surface area contributed by atoms with E-state index in [2.05, 4.69) is 507 Å². The van der Waals surface area contributed by atoms with Crippen LogP contribution >= 0.6 is 0 Å². The average Bonchev–Trinajstić information content (AvgIpc) is 1.53. The minimum absolute atomic E-state index is 0.109. The van der Waals surface area contributed by atoms with Crippen LogP contribution in [-0.2, 0) is 16.2 Å². The van der Waals surface area contributed by atoms with Gasteiger partial charge in [0.05, 0.1) is 66.6 Å². The molecule has 0 amide bonds. The Balaban J connectivity index is 0.516. The fraction of sp³-hybridized carbons (Fsp3) is 0.0657. The van der Waals surface area contributed by atoms with Crippen LogP contribution in [0.15, 0.2) is 443 Å². The molecule has 31 rings (SSSR count). The summed E-state index contributed by atoms with van der Waals surface area (Å²) in [7, 11) is 0. The average molecular weight is 1840 g/mol. The molecule has 4 aliphatic rings. The number of benzene rings is 21. The van der Waals surface area contributed by atoms with Crippen LogP contribution in [0.3, 0.4) is 0 Å². The lowest BCUT2D eigenvalue weighted by atomic mass is 9.82. The van der Waals surface area contributed by atoms with Gasteiger partial charge in [0.1, 0.15) is 0 Å². The third kappa shape index (κ3) is 11.3. The molecule has 0 aliphatic heterocycles. The summed E-state index contributed by atoms with van der Waals surface area (Å²) in [6.07, 6.45) is 0.